The van der Waals surface area contributed by atoms with Gasteiger partial charge in [-0.2, -0.15) is 0 Å². The Hall–Kier alpha value is -6.59. The summed E-state index contributed by atoms with van der Waals surface area (Å²) in [6.45, 7) is 0. The third kappa shape index (κ3) is 4.08. The first kappa shape index (κ1) is 26.6. The summed E-state index contributed by atoms with van der Waals surface area (Å²) in [4.78, 5) is 7.37. The predicted molar refractivity (Wildman–Crippen MR) is 194 cm³/mol. The van der Waals surface area contributed by atoms with Gasteiger partial charge in [0.2, 0.25) is 5.89 Å². The van der Waals surface area contributed by atoms with E-state index in [1.165, 1.54) is 0 Å². The smallest absolute Gasteiger partial charge is 0.227 e. The first-order valence-corrected chi connectivity index (χ1v) is 16.0. The van der Waals surface area contributed by atoms with Gasteiger partial charge in [-0.15, -0.1) is 0 Å². The van der Waals surface area contributed by atoms with Crippen LogP contribution in [0.3, 0.4) is 0 Å². The van der Waals surface area contributed by atoms with E-state index in [4.69, 9.17) is 18.2 Å². The molecular weight excluding hydrogens is 592 g/mol. The molecule has 0 aliphatic heterocycles. The van der Waals surface area contributed by atoms with Gasteiger partial charge >= 0.3 is 0 Å². The zero-order valence-electron chi connectivity index (χ0n) is 25.6. The molecule has 0 spiro atoms. The van der Waals surface area contributed by atoms with Crippen LogP contribution in [0, 0.1) is 0 Å². The third-order valence-corrected chi connectivity index (χ3v) is 9.10. The highest BCUT2D eigenvalue weighted by Gasteiger charge is 2.25. The average molecular weight is 619 g/mol. The molecule has 0 unspecified atom stereocenters. The van der Waals surface area contributed by atoms with E-state index in [9.17, 15) is 0 Å². The van der Waals surface area contributed by atoms with Crippen LogP contribution in [0.1, 0.15) is 0 Å². The van der Waals surface area contributed by atoms with Gasteiger partial charge in [0.15, 0.2) is 5.58 Å². The van der Waals surface area contributed by atoms with Gasteiger partial charge in [0, 0.05) is 44.7 Å². The minimum atomic E-state index is 0.562. The Morgan fingerprint density at radius 3 is 1.88 bits per heavy atom. The lowest BCUT2D eigenvalue weighted by molar-refractivity contribution is 0.622. The molecule has 0 radical (unpaired) electrons. The molecule has 0 aliphatic rings. The lowest BCUT2D eigenvalue weighted by Crippen LogP contribution is -2.10. The highest BCUT2D eigenvalue weighted by Crippen LogP contribution is 2.46. The molecule has 0 atom stereocenters. The van der Waals surface area contributed by atoms with E-state index in [2.05, 4.69) is 77.7 Å². The van der Waals surface area contributed by atoms with Crippen molar-refractivity contribution in [1.82, 2.24) is 4.98 Å². The summed E-state index contributed by atoms with van der Waals surface area (Å²) in [5, 5.41) is 4.14. The average Bonchev–Trinajstić information content (AvgIpc) is 3.86. The molecule has 0 saturated carbocycles. The zero-order chi connectivity index (χ0) is 31.6. The van der Waals surface area contributed by atoms with Gasteiger partial charge in [0.05, 0.1) is 11.1 Å². The van der Waals surface area contributed by atoms with Gasteiger partial charge in [-0.1, -0.05) is 103 Å². The van der Waals surface area contributed by atoms with Gasteiger partial charge in [0.25, 0.3) is 0 Å². The summed E-state index contributed by atoms with van der Waals surface area (Å²) in [6.07, 6.45) is 0. The molecule has 5 heteroatoms. The molecule has 48 heavy (non-hydrogen) atoms. The Balaban J connectivity index is 1.19. The maximum atomic E-state index is 6.63. The third-order valence-electron chi connectivity index (χ3n) is 9.10. The molecule has 5 nitrogen and oxygen atoms in total. The molecule has 10 aromatic rings. The van der Waals surface area contributed by atoms with E-state index in [0.717, 1.165) is 83.1 Å². The van der Waals surface area contributed by atoms with Crippen LogP contribution in [0.25, 0.3) is 77.6 Å². The van der Waals surface area contributed by atoms with Crippen LogP contribution in [0.4, 0.5) is 17.1 Å². The van der Waals surface area contributed by atoms with Crippen LogP contribution in [-0.4, -0.2) is 4.98 Å². The molecule has 0 fully saturated rings. The first-order valence-electron chi connectivity index (χ1n) is 16.0. The number of hydrogen-bond donors (Lipinski definition) is 0. The van der Waals surface area contributed by atoms with Gasteiger partial charge in [0.1, 0.15) is 27.8 Å². The Morgan fingerprint density at radius 1 is 0.438 bits per heavy atom. The van der Waals surface area contributed by atoms with Crippen LogP contribution in [-0.2, 0) is 0 Å². The lowest BCUT2D eigenvalue weighted by atomic mass is 10.0. The number of nitrogens with zero attached hydrogens (tertiary/aromatic N) is 2. The van der Waals surface area contributed by atoms with Crippen molar-refractivity contribution in [3.63, 3.8) is 0 Å². The quantitative estimate of drug-likeness (QED) is 0.192. The fourth-order valence-electron chi connectivity index (χ4n) is 6.90. The normalized spacial score (nSPS) is 11.8. The molecule has 3 aromatic heterocycles. The second-order valence-electron chi connectivity index (χ2n) is 11.9. The van der Waals surface area contributed by atoms with Gasteiger partial charge in [-0.05, 0) is 54.1 Å². The van der Waals surface area contributed by atoms with Crippen molar-refractivity contribution in [2.45, 2.75) is 0 Å². The van der Waals surface area contributed by atoms with E-state index < -0.39 is 0 Å². The summed E-state index contributed by atoms with van der Waals surface area (Å²) >= 11 is 0. The summed E-state index contributed by atoms with van der Waals surface area (Å²) in [6, 6.07) is 53.7. The molecule has 0 N–H and O–H groups in total. The van der Waals surface area contributed by atoms with Crippen molar-refractivity contribution >= 4 is 72.0 Å². The number of benzene rings is 7. The number of anilines is 3. The summed E-state index contributed by atoms with van der Waals surface area (Å²) in [7, 11) is 0. The van der Waals surface area contributed by atoms with Crippen LogP contribution < -0.4 is 4.90 Å². The molecule has 7 aromatic carbocycles. The van der Waals surface area contributed by atoms with Gasteiger partial charge in [-0.25, -0.2) is 4.98 Å². The number of para-hydroxylation sites is 4. The topological polar surface area (TPSA) is 55.6 Å². The second-order valence-corrected chi connectivity index (χ2v) is 11.9. The Kier molecular flexibility index (Phi) is 5.81. The molecular formula is C43H26N2O3. The van der Waals surface area contributed by atoms with Crippen LogP contribution in [0.5, 0.6) is 0 Å². The van der Waals surface area contributed by atoms with Crippen LogP contribution >= 0.6 is 0 Å². The first-order chi connectivity index (χ1) is 23.8. The number of oxazole rings is 1. The van der Waals surface area contributed by atoms with E-state index in [0.29, 0.717) is 11.5 Å². The van der Waals surface area contributed by atoms with E-state index >= 15 is 0 Å². The summed E-state index contributed by atoms with van der Waals surface area (Å²) < 4.78 is 19.5. The van der Waals surface area contributed by atoms with Crippen molar-refractivity contribution in [2.24, 2.45) is 0 Å². The maximum absolute atomic E-state index is 6.63. The standard InChI is InChI=1S/C43H26N2O3/c1-3-12-28(13-4-1)43-44-40-35(26-38-39(42(40)48-43)34-17-8-10-21-37(34)46-38)45(29-14-5-2-6-15-29)30-24-22-27(23-25-30)31-18-11-19-33-32-16-7-9-20-36(32)47-41(31)33/h1-26H. The fraction of sp³-hybridized carbons (Fsp3) is 0. The predicted octanol–water partition coefficient (Wildman–Crippen LogP) is 12.4. The molecule has 0 aliphatic carbocycles. The number of fused-ring (bicyclic) bond motifs is 8. The van der Waals surface area contributed by atoms with E-state index in [-0.39, 0.29) is 0 Å². The summed E-state index contributed by atoms with van der Waals surface area (Å²) in [5.74, 6) is 0.562. The monoisotopic (exact) mass is 618 g/mol. The Bertz CT molecular complexity index is 2770. The van der Waals surface area contributed by atoms with Crippen molar-refractivity contribution in [3.8, 4) is 22.6 Å². The maximum Gasteiger partial charge on any atom is 0.227 e. The van der Waals surface area contributed by atoms with Crippen LogP contribution in [0.15, 0.2) is 171 Å². The second kappa shape index (κ2) is 10.5. The Morgan fingerprint density at radius 2 is 1.08 bits per heavy atom. The minimum Gasteiger partial charge on any atom is -0.456 e. The fourth-order valence-corrected chi connectivity index (χ4v) is 6.90. The molecule has 226 valence electrons. The Labute approximate surface area is 274 Å². The zero-order valence-corrected chi connectivity index (χ0v) is 25.6. The SMILES string of the molecule is c1ccc(-c2nc3c(N(c4ccccc4)c4ccc(-c5cccc6c5oc5ccccc56)cc4)cc4oc5ccccc5c4c3o2)cc1. The molecule has 0 saturated heterocycles. The van der Waals surface area contributed by atoms with Gasteiger partial charge < -0.3 is 18.2 Å². The highest BCUT2D eigenvalue weighted by atomic mass is 16.4. The highest BCUT2D eigenvalue weighted by molar-refractivity contribution is 6.20. The van der Waals surface area contributed by atoms with Crippen LogP contribution in [0.2, 0.25) is 0 Å². The van der Waals surface area contributed by atoms with Gasteiger partial charge in [-0.3, -0.25) is 0 Å². The number of furan rings is 2. The lowest BCUT2D eigenvalue weighted by Gasteiger charge is -2.25. The summed E-state index contributed by atoms with van der Waals surface area (Å²) in [5.41, 5.74) is 10.6. The number of aromatic nitrogens is 1. The van der Waals surface area contributed by atoms with Crippen molar-refractivity contribution in [2.75, 3.05) is 4.90 Å². The molecule has 0 amide bonds. The van der Waals surface area contributed by atoms with Crippen molar-refractivity contribution in [3.05, 3.63) is 158 Å². The number of rotatable bonds is 5. The number of hydrogen-bond acceptors (Lipinski definition) is 5. The van der Waals surface area contributed by atoms with E-state index in [1.807, 2.05) is 84.9 Å². The van der Waals surface area contributed by atoms with E-state index in [1.54, 1.807) is 0 Å². The van der Waals surface area contributed by atoms with Crippen molar-refractivity contribution < 1.29 is 13.3 Å². The largest absolute Gasteiger partial charge is 0.456 e. The minimum absolute atomic E-state index is 0.562. The molecule has 10 rings (SSSR count). The van der Waals surface area contributed by atoms with Crippen molar-refractivity contribution in [1.29, 1.82) is 0 Å². The molecule has 0 bridgehead atoms. The molecule has 3 heterocycles.